The van der Waals surface area contributed by atoms with E-state index >= 15 is 0 Å². The Kier molecular flexibility index (Phi) is 7.21. The summed E-state index contributed by atoms with van der Waals surface area (Å²) in [6.07, 6.45) is 7.20. The van der Waals surface area contributed by atoms with Gasteiger partial charge in [-0.25, -0.2) is 9.97 Å². The summed E-state index contributed by atoms with van der Waals surface area (Å²) >= 11 is 0. The SMILES string of the molecule is Cc1c(-c2ccccc2)nc(-c2ccccc2-c2cccc(C3=CC4c5ccccc5-c5ccccc5C4C=C3)c2)nc1-c1ccccc1. The Labute approximate surface area is 287 Å². The number of allylic oxidation sites excluding steroid dienone is 4. The van der Waals surface area contributed by atoms with Crippen LogP contribution in [-0.4, -0.2) is 9.97 Å². The fourth-order valence-corrected chi connectivity index (χ4v) is 7.71. The molecule has 2 nitrogen and oxygen atoms in total. The van der Waals surface area contributed by atoms with Crippen LogP contribution in [-0.2, 0) is 0 Å². The second-order valence-corrected chi connectivity index (χ2v) is 12.9. The average molecular weight is 627 g/mol. The lowest BCUT2D eigenvalue weighted by atomic mass is 9.69. The van der Waals surface area contributed by atoms with E-state index in [0.29, 0.717) is 5.92 Å². The van der Waals surface area contributed by atoms with Crippen LogP contribution in [0.3, 0.4) is 0 Å². The number of hydrogen-bond donors (Lipinski definition) is 0. The fraction of sp³-hybridized carbons (Fsp3) is 0.0638. The highest BCUT2D eigenvalue weighted by Gasteiger charge is 2.32. The van der Waals surface area contributed by atoms with E-state index in [4.69, 9.17) is 9.97 Å². The first-order chi connectivity index (χ1) is 24.2. The van der Waals surface area contributed by atoms with Crippen molar-refractivity contribution in [3.63, 3.8) is 0 Å². The summed E-state index contributed by atoms with van der Waals surface area (Å²) in [5.41, 5.74) is 16.4. The van der Waals surface area contributed by atoms with Gasteiger partial charge in [-0.1, -0.05) is 170 Å². The topological polar surface area (TPSA) is 25.8 Å². The molecule has 0 radical (unpaired) electrons. The van der Waals surface area contributed by atoms with Crippen molar-refractivity contribution in [1.82, 2.24) is 9.97 Å². The van der Waals surface area contributed by atoms with Crippen molar-refractivity contribution >= 4 is 5.57 Å². The molecule has 0 fully saturated rings. The Bertz CT molecular complexity index is 2340. The highest BCUT2D eigenvalue weighted by Crippen LogP contribution is 2.51. The summed E-state index contributed by atoms with van der Waals surface area (Å²) in [6, 6.07) is 56.1. The van der Waals surface area contributed by atoms with E-state index in [0.717, 1.165) is 50.6 Å². The monoisotopic (exact) mass is 626 g/mol. The van der Waals surface area contributed by atoms with E-state index in [9.17, 15) is 0 Å². The normalized spacial score (nSPS) is 15.9. The molecule has 232 valence electrons. The Morgan fingerprint density at radius 3 is 1.55 bits per heavy atom. The van der Waals surface area contributed by atoms with Crippen LogP contribution in [0.4, 0.5) is 0 Å². The van der Waals surface area contributed by atoms with E-state index in [1.54, 1.807) is 0 Å². The number of fused-ring (bicyclic) bond motifs is 6. The first-order valence-electron chi connectivity index (χ1n) is 17.0. The van der Waals surface area contributed by atoms with Gasteiger partial charge in [0.05, 0.1) is 11.4 Å². The number of nitrogens with zero attached hydrogens (tertiary/aromatic N) is 2. The van der Waals surface area contributed by atoms with Gasteiger partial charge < -0.3 is 0 Å². The fourth-order valence-electron chi connectivity index (χ4n) is 7.71. The molecular formula is C47H34N2. The zero-order valence-corrected chi connectivity index (χ0v) is 27.3. The van der Waals surface area contributed by atoms with Gasteiger partial charge in [0, 0.05) is 34.1 Å². The molecule has 7 aromatic rings. The lowest BCUT2D eigenvalue weighted by Crippen LogP contribution is -2.17. The van der Waals surface area contributed by atoms with E-state index in [-0.39, 0.29) is 5.92 Å². The van der Waals surface area contributed by atoms with Gasteiger partial charge >= 0.3 is 0 Å². The van der Waals surface area contributed by atoms with E-state index in [2.05, 4.69) is 171 Å². The van der Waals surface area contributed by atoms with Gasteiger partial charge in [0.2, 0.25) is 0 Å². The maximum Gasteiger partial charge on any atom is 0.161 e. The van der Waals surface area contributed by atoms with Crippen LogP contribution in [0.25, 0.3) is 61.7 Å². The zero-order chi connectivity index (χ0) is 32.7. The largest absolute Gasteiger partial charge is 0.228 e. The zero-order valence-electron chi connectivity index (χ0n) is 27.3. The molecule has 0 spiro atoms. The van der Waals surface area contributed by atoms with Crippen molar-refractivity contribution in [1.29, 1.82) is 0 Å². The average Bonchev–Trinajstić information content (AvgIpc) is 3.18. The number of benzene rings is 6. The molecule has 2 aliphatic rings. The number of aromatic nitrogens is 2. The van der Waals surface area contributed by atoms with Gasteiger partial charge in [0.15, 0.2) is 5.82 Å². The first kappa shape index (κ1) is 29.1. The summed E-state index contributed by atoms with van der Waals surface area (Å²) in [7, 11) is 0. The van der Waals surface area contributed by atoms with Crippen LogP contribution in [0.1, 0.15) is 34.1 Å². The van der Waals surface area contributed by atoms with Crippen LogP contribution < -0.4 is 0 Å². The molecule has 2 unspecified atom stereocenters. The minimum absolute atomic E-state index is 0.288. The van der Waals surface area contributed by atoms with Crippen molar-refractivity contribution in [3.8, 4) is 56.2 Å². The Hall–Kier alpha value is -6.12. The summed E-state index contributed by atoms with van der Waals surface area (Å²) in [5, 5.41) is 0. The Morgan fingerprint density at radius 1 is 0.429 bits per heavy atom. The minimum atomic E-state index is 0.288. The molecule has 6 aromatic carbocycles. The highest BCUT2D eigenvalue weighted by molar-refractivity contribution is 5.87. The minimum Gasteiger partial charge on any atom is -0.228 e. The van der Waals surface area contributed by atoms with Gasteiger partial charge in [0.1, 0.15) is 0 Å². The van der Waals surface area contributed by atoms with Gasteiger partial charge in [-0.15, -0.1) is 0 Å². The molecule has 0 N–H and O–H groups in total. The highest BCUT2D eigenvalue weighted by atomic mass is 14.9. The number of hydrogen-bond acceptors (Lipinski definition) is 2. The van der Waals surface area contributed by atoms with Crippen molar-refractivity contribution in [2.75, 3.05) is 0 Å². The standard InChI is InChI=1S/C47H34N2/c1-31-45(32-15-4-2-5-16-32)48-47(49-46(31)33-17-6-3-7-18-33)43-26-13-8-21-37(43)36-20-14-19-34(29-36)35-27-28-42-40-24-10-9-22-38(40)39-23-11-12-25-41(39)44(42)30-35/h2-30,42,44H,1H3. The molecule has 9 rings (SSSR count). The van der Waals surface area contributed by atoms with Crippen LogP contribution >= 0.6 is 0 Å². The third-order valence-corrected chi connectivity index (χ3v) is 10.1. The van der Waals surface area contributed by atoms with E-state index < -0.39 is 0 Å². The molecule has 1 aromatic heterocycles. The molecule has 2 atom stereocenters. The second kappa shape index (κ2) is 12.2. The Balaban J connectivity index is 1.15. The first-order valence-corrected chi connectivity index (χ1v) is 17.0. The Morgan fingerprint density at radius 2 is 0.918 bits per heavy atom. The van der Waals surface area contributed by atoms with Gasteiger partial charge in [0.25, 0.3) is 0 Å². The van der Waals surface area contributed by atoms with Crippen LogP contribution in [0.2, 0.25) is 0 Å². The van der Waals surface area contributed by atoms with Crippen molar-refractivity contribution in [2.24, 2.45) is 0 Å². The van der Waals surface area contributed by atoms with Crippen LogP contribution in [0.15, 0.2) is 176 Å². The summed E-state index contributed by atoms with van der Waals surface area (Å²) in [6.45, 7) is 2.13. The summed E-state index contributed by atoms with van der Waals surface area (Å²) in [4.78, 5) is 10.5. The predicted molar refractivity (Wildman–Crippen MR) is 203 cm³/mol. The van der Waals surface area contributed by atoms with Gasteiger partial charge in [-0.2, -0.15) is 0 Å². The maximum atomic E-state index is 5.25. The molecule has 0 amide bonds. The lowest BCUT2D eigenvalue weighted by molar-refractivity contribution is 0.722. The molecule has 2 heteroatoms. The lowest BCUT2D eigenvalue weighted by Gasteiger charge is -2.35. The van der Waals surface area contributed by atoms with Crippen LogP contribution in [0.5, 0.6) is 0 Å². The number of rotatable bonds is 5. The molecule has 0 bridgehead atoms. The predicted octanol–water partition coefficient (Wildman–Crippen LogP) is 12.0. The molecule has 0 aliphatic heterocycles. The second-order valence-electron chi connectivity index (χ2n) is 12.9. The smallest absolute Gasteiger partial charge is 0.161 e. The molecular weight excluding hydrogens is 593 g/mol. The quantitative estimate of drug-likeness (QED) is 0.190. The van der Waals surface area contributed by atoms with Crippen molar-refractivity contribution in [2.45, 2.75) is 18.8 Å². The van der Waals surface area contributed by atoms with Crippen molar-refractivity contribution < 1.29 is 0 Å². The molecule has 1 heterocycles. The molecule has 0 saturated heterocycles. The third-order valence-electron chi connectivity index (χ3n) is 10.1. The summed E-state index contributed by atoms with van der Waals surface area (Å²) in [5.74, 6) is 1.34. The molecule has 49 heavy (non-hydrogen) atoms. The molecule has 2 aliphatic carbocycles. The van der Waals surface area contributed by atoms with E-state index in [1.807, 2.05) is 12.1 Å². The summed E-state index contributed by atoms with van der Waals surface area (Å²) < 4.78 is 0. The van der Waals surface area contributed by atoms with Crippen LogP contribution in [0, 0.1) is 6.92 Å². The van der Waals surface area contributed by atoms with Gasteiger partial charge in [-0.3, -0.25) is 0 Å². The van der Waals surface area contributed by atoms with E-state index in [1.165, 1.54) is 33.4 Å². The van der Waals surface area contributed by atoms with Gasteiger partial charge in [-0.05, 0) is 57.5 Å². The third kappa shape index (κ3) is 5.14. The van der Waals surface area contributed by atoms with Crippen molar-refractivity contribution in [3.05, 3.63) is 198 Å². The molecule has 0 saturated carbocycles. The maximum absolute atomic E-state index is 5.25.